The smallest absolute Gasteiger partial charge is 0.241 e. The molecule has 1 aliphatic rings. The number of hydrogen-bond donors (Lipinski definition) is 0. The first-order valence-corrected chi connectivity index (χ1v) is 8.79. The number of thiophene rings is 1. The summed E-state index contributed by atoms with van der Waals surface area (Å²) in [5.74, 6) is 1.29. The summed E-state index contributed by atoms with van der Waals surface area (Å²) < 4.78 is 11.2. The highest BCUT2D eigenvalue weighted by Crippen LogP contribution is 2.25. The highest BCUT2D eigenvalue weighted by Gasteiger charge is 2.25. The molecule has 8 heteroatoms. The molecular weight excluding hydrogens is 320 g/mol. The molecule has 0 amide bonds. The molecule has 1 unspecified atom stereocenters. The van der Waals surface area contributed by atoms with E-state index in [-0.39, 0.29) is 6.10 Å². The summed E-state index contributed by atoms with van der Waals surface area (Å²) in [6.07, 6.45) is 1.85. The van der Waals surface area contributed by atoms with Gasteiger partial charge in [-0.05, 0) is 11.4 Å². The third-order valence-electron chi connectivity index (χ3n) is 3.48. The molecule has 4 rings (SSSR count). The summed E-state index contributed by atoms with van der Waals surface area (Å²) in [6.45, 7) is 2.99. The van der Waals surface area contributed by atoms with Gasteiger partial charge >= 0.3 is 0 Å². The first kappa shape index (κ1) is 14.0. The van der Waals surface area contributed by atoms with Gasteiger partial charge in [0.15, 0.2) is 0 Å². The van der Waals surface area contributed by atoms with Gasteiger partial charge in [-0.1, -0.05) is 5.16 Å². The Balaban J connectivity index is 1.43. The maximum Gasteiger partial charge on any atom is 0.241 e. The molecule has 0 spiro atoms. The molecule has 1 aliphatic heterocycles. The highest BCUT2D eigenvalue weighted by molar-refractivity contribution is 7.09. The predicted molar refractivity (Wildman–Crippen MR) is 83.7 cm³/mol. The van der Waals surface area contributed by atoms with E-state index >= 15 is 0 Å². The highest BCUT2D eigenvalue weighted by atomic mass is 32.1. The molecule has 1 atom stereocenters. The van der Waals surface area contributed by atoms with Crippen LogP contribution in [0.25, 0.3) is 11.4 Å². The van der Waals surface area contributed by atoms with E-state index in [9.17, 15) is 0 Å². The molecule has 0 saturated carbocycles. The van der Waals surface area contributed by atoms with Crippen molar-refractivity contribution in [2.75, 3.05) is 19.7 Å². The Morgan fingerprint density at radius 3 is 3.18 bits per heavy atom. The minimum atomic E-state index is 0.0352. The second-order valence-electron chi connectivity index (χ2n) is 4.99. The monoisotopic (exact) mass is 334 g/mol. The molecule has 4 heterocycles. The Hall–Kier alpha value is -1.61. The van der Waals surface area contributed by atoms with Gasteiger partial charge in [-0.3, -0.25) is 4.90 Å². The van der Waals surface area contributed by atoms with Gasteiger partial charge in [-0.15, -0.1) is 11.3 Å². The van der Waals surface area contributed by atoms with Crippen LogP contribution in [0.1, 0.15) is 17.0 Å². The summed E-state index contributed by atoms with van der Waals surface area (Å²) >= 11 is 3.25. The lowest BCUT2D eigenvalue weighted by Gasteiger charge is -2.30. The summed E-state index contributed by atoms with van der Waals surface area (Å²) in [5, 5.41) is 11.1. The van der Waals surface area contributed by atoms with Crippen LogP contribution in [0.2, 0.25) is 0 Å². The number of thiazole rings is 1. The first-order valence-electron chi connectivity index (χ1n) is 6.97. The van der Waals surface area contributed by atoms with E-state index in [1.807, 2.05) is 28.4 Å². The normalized spacial score (nSPS) is 19.5. The molecule has 1 saturated heterocycles. The van der Waals surface area contributed by atoms with Gasteiger partial charge in [0.05, 0.1) is 13.2 Å². The zero-order valence-corrected chi connectivity index (χ0v) is 13.3. The average molecular weight is 334 g/mol. The number of aromatic nitrogens is 3. The van der Waals surface area contributed by atoms with Crippen LogP contribution in [-0.4, -0.2) is 39.7 Å². The summed E-state index contributed by atoms with van der Waals surface area (Å²) in [4.78, 5) is 11.1. The van der Waals surface area contributed by atoms with Crippen LogP contribution in [-0.2, 0) is 11.3 Å². The fourth-order valence-electron chi connectivity index (χ4n) is 2.41. The van der Waals surface area contributed by atoms with Crippen molar-refractivity contribution in [2.24, 2.45) is 0 Å². The van der Waals surface area contributed by atoms with Crippen molar-refractivity contribution < 1.29 is 9.26 Å². The van der Waals surface area contributed by atoms with E-state index in [1.165, 1.54) is 0 Å². The topological polar surface area (TPSA) is 64.3 Å². The molecule has 6 nitrogen and oxygen atoms in total. The molecule has 1 fully saturated rings. The Morgan fingerprint density at radius 1 is 1.36 bits per heavy atom. The lowest BCUT2D eigenvalue weighted by molar-refractivity contribution is -0.0356. The van der Waals surface area contributed by atoms with Gasteiger partial charge in [0.1, 0.15) is 11.1 Å². The number of morpholine rings is 1. The van der Waals surface area contributed by atoms with Crippen LogP contribution in [0.15, 0.2) is 32.9 Å². The number of nitrogens with zero attached hydrogens (tertiary/aromatic N) is 4. The van der Waals surface area contributed by atoms with E-state index in [2.05, 4.69) is 20.0 Å². The van der Waals surface area contributed by atoms with Crippen LogP contribution < -0.4 is 0 Å². The van der Waals surface area contributed by atoms with E-state index in [1.54, 1.807) is 22.7 Å². The third kappa shape index (κ3) is 2.95. The average Bonchev–Trinajstić information content (AvgIpc) is 3.29. The quantitative estimate of drug-likeness (QED) is 0.731. The van der Waals surface area contributed by atoms with Crippen LogP contribution >= 0.6 is 22.7 Å². The first-order chi connectivity index (χ1) is 10.9. The van der Waals surface area contributed by atoms with Gasteiger partial charge in [0.2, 0.25) is 11.7 Å². The SMILES string of the molecule is c1csc(C2CN(Cc3nc(-c4ccsc4)no3)CCO2)n1. The number of rotatable bonds is 4. The Labute approximate surface area is 135 Å². The zero-order valence-electron chi connectivity index (χ0n) is 11.7. The zero-order chi connectivity index (χ0) is 14.8. The van der Waals surface area contributed by atoms with Crippen molar-refractivity contribution in [2.45, 2.75) is 12.6 Å². The minimum Gasteiger partial charge on any atom is -0.368 e. The fraction of sp³-hybridized carbons (Fsp3) is 0.357. The Bertz CT molecular complexity index is 711. The van der Waals surface area contributed by atoms with Crippen molar-refractivity contribution in [1.29, 1.82) is 0 Å². The molecule has 3 aromatic rings. The lowest BCUT2D eigenvalue weighted by atomic mass is 10.3. The predicted octanol–water partition coefficient (Wildman–Crippen LogP) is 2.83. The van der Waals surface area contributed by atoms with E-state index in [0.717, 1.165) is 23.7 Å². The van der Waals surface area contributed by atoms with Crippen molar-refractivity contribution in [3.8, 4) is 11.4 Å². The molecule has 3 aromatic heterocycles. The second kappa shape index (κ2) is 6.25. The summed E-state index contributed by atoms with van der Waals surface area (Å²) in [5.41, 5.74) is 1.00. The molecule has 114 valence electrons. The molecule has 0 aromatic carbocycles. The van der Waals surface area contributed by atoms with Gasteiger partial charge in [-0.2, -0.15) is 16.3 Å². The van der Waals surface area contributed by atoms with Crippen LogP contribution in [0.3, 0.4) is 0 Å². The Morgan fingerprint density at radius 2 is 2.36 bits per heavy atom. The van der Waals surface area contributed by atoms with Crippen molar-refractivity contribution in [3.63, 3.8) is 0 Å². The molecule has 0 bridgehead atoms. The minimum absolute atomic E-state index is 0.0352. The fourth-order valence-corrected chi connectivity index (χ4v) is 3.72. The van der Waals surface area contributed by atoms with Crippen molar-refractivity contribution >= 4 is 22.7 Å². The van der Waals surface area contributed by atoms with Gasteiger partial charge in [0, 0.05) is 35.6 Å². The third-order valence-corrected chi connectivity index (χ3v) is 5.03. The maximum absolute atomic E-state index is 5.80. The van der Waals surface area contributed by atoms with E-state index < -0.39 is 0 Å². The van der Waals surface area contributed by atoms with Gasteiger partial charge in [0.25, 0.3) is 0 Å². The second-order valence-corrected chi connectivity index (χ2v) is 6.69. The van der Waals surface area contributed by atoms with Crippen LogP contribution in [0.5, 0.6) is 0 Å². The molecular formula is C14H14N4O2S2. The Kier molecular flexibility index (Phi) is 3.98. The standard InChI is InChI=1S/C14H14N4O2S2/c1-5-21-9-10(1)13-16-12(20-17-13)8-18-3-4-19-11(7-18)14-15-2-6-22-14/h1-2,5-6,9,11H,3-4,7-8H2. The van der Waals surface area contributed by atoms with Crippen LogP contribution in [0, 0.1) is 0 Å². The summed E-state index contributed by atoms with van der Waals surface area (Å²) in [6, 6.07) is 1.99. The molecule has 0 radical (unpaired) electrons. The van der Waals surface area contributed by atoms with E-state index in [0.29, 0.717) is 24.9 Å². The summed E-state index contributed by atoms with van der Waals surface area (Å²) in [7, 11) is 0. The lowest BCUT2D eigenvalue weighted by Crippen LogP contribution is -2.37. The van der Waals surface area contributed by atoms with Crippen molar-refractivity contribution in [1.82, 2.24) is 20.0 Å². The number of ether oxygens (including phenoxy) is 1. The maximum atomic E-state index is 5.80. The number of hydrogen-bond acceptors (Lipinski definition) is 8. The molecule has 22 heavy (non-hydrogen) atoms. The molecule has 0 N–H and O–H groups in total. The largest absolute Gasteiger partial charge is 0.368 e. The van der Waals surface area contributed by atoms with Gasteiger partial charge in [-0.25, -0.2) is 4.98 Å². The van der Waals surface area contributed by atoms with Gasteiger partial charge < -0.3 is 9.26 Å². The van der Waals surface area contributed by atoms with Crippen molar-refractivity contribution in [3.05, 3.63) is 39.3 Å². The van der Waals surface area contributed by atoms with E-state index in [4.69, 9.17) is 9.26 Å². The van der Waals surface area contributed by atoms with Crippen LogP contribution in [0.4, 0.5) is 0 Å². The molecule has 0 aliphatic carbocycles.